The lowest BCUT2D eigenvalue weighted by molar-refractivity contribution is 0.0456. The summed E-state index contributed by atoms with van der Waals surface area (Å²) in [5.74, 6) is 1.62. The molecule has 1 aliphatic heterocycles. The van der Waals surface area contributed by atoms with E-state index in [0.717, 1.165) is 24.4 Å². The van der Waals surface area contributed by atoms with Crippen LogP contribution in [0.3, 0.4) is 0 Å². The summed E-state index contributed by atoms with van der Waals surface area (Å²) in [5.41, 5.74) is 0.996. The van der Waals surface area contributed by atoms with Crippen LogP contribution in [0.1, 0.15) is 213 Å². The van der Waals surface area contributed by atoms with E-state index in [1.165, 1.54) is 186 Å². The quantitative estimate of drug-likeness (QED) is 0.0428. The first-order valence-corrected chi connectivity index (χ1v) is 21.7. The van der Waals surface area contributed by atoms with Gasteiger partial charge in [0, 0.05) is 30.9 Å². The molecule has 0 radical (unpaired) electrons. The average Bonchev–Trinajstić information content (AvgIpc) is 3.51. The molecule has 0 bridgehead atoms. The van der Waals surface area contributed by atoms with Crippen LogP contribution in [0.25, 0.3) is 0 Å². The zero-order chi connectivity index (χ0) is 35.1. The lowest BCUT2D eigenvalue weighted by Gasteiger charge is -2.22. The Morgan fingerprint density at radius 2 is 0.980 bits per heavy atom. The molecule has 0 amide bonds. The second-order valence-electron chi connectivity index (χ2n) is 15.3. The van der Waals surface area contributed by atoms with E-state index in [0.29, 0.717) is 12.0 Å². The summed E-state index contributed by atoms with van der Waals surface area (Å²) >= 11 is 4.78. The molecule has 0 saturated carbocycles. The first kappa shape index (κ1) is 43.9. The van der Waals surface area contributed by atoms with Gasteiger partial charge in [-0.2, -0.15) is 0 Å². The number of rotatable bonds is 35. The van der Waals surface area contributed by atoms with E-state index in [-0.39, 0.29) is 4.00 Å². The highest BCUT2D eigenvalue weighted by molar-refractivity contribution is 7.80. The molecule has 2 rings (SSSR count). The number of nitrogens with zero attached hydrogens (tertiary/aromatic N) is 4. The van der Waals surface area contributed by atoms with E-state index in [2.05, 4.69) is 29.4 Å². The van der Waals surface area contributed by atoms with Crippen molar-refractivity contribution in [3.63, 3.8) is 0 Å². The van der Waals surface area contributed by atoms with Crippen molar-refractivity contribution in [3.05, 3.63) is 30.3 Å². The lowest BCUT2D eigenvalue weighted by atomic mass is 9.93. The minimum Gasteiger partial charge on any atom is -0.381 e. The Morgan fingerprint density at radius 1 is 0.571 bits per heavy atom. The number of amidine groups is 1. The fourth-order valence-corrected chi connectivity index (χ4v) is 7.83. The average molecular weight is 700 g/mol. The van der Waals surface area contributed by atoms with Gasteiger partial charge in [0.1, 0.15) is 12.8 Å². The SMILES string of the molecule is CCCCCCCCCCCCCCCCCC[C@H](C)[C@H](CCCCCCCCCCCCCCC1=NN=N[N+]1(S)c1ccccc1)OC. The molecule has 0 spiro atoms. The van der Waals surface area contributed by atoms with Crippen molar-refractivity contribution in [2.75, 3.05) is 7.11 Å². The van der Waals surface area contributed by atoms with Crippen LogP contribution >= 0.6 is 12.8 Å². The number of unbranched alkanes of at least 4 members (excludes halogenated alkanes) is 26. The molecule has 1 unspecified atom stereocenters. The maximum Gasteiger partial charge on any atom is 0.269 e. The molecule has 1 heterocycles. The summed E-state index contributed by atoms with van der Waals surface area (Å²) < 4.78 is 6.01. The van der Waals surface area contributed by atoms with Crippen LogP contribution in [0.5, 0.6) is 0 Å². The Balaban J connectivity index is 1.31. The van der Waals surface area contributed by atoms with Crippen molar-refractivity contribution in [3.8, 4) is 0 Å². The highest BCUT2D eigenvalue weighted by atomic mass is 32.1. The van der Waals surface area contributed by atoms with Crippen molar-refractivity contribution >= 4 is 24.3 Å². The van der Waals surface area contributed by atoms with E-state index in [1.54, 1.807) is 0 Å². The van der Waals surface area contributed by atoms with Gasteiger partial charge in [-0.05, 0) is 29.2 Å². The molecule has 0 saturated heterocycles. The number of hydrogen-bond acceptors (Lipinski definition) is 5. The van der Waals surface area contributed by atoms with E-state index in [1.807, 2.05) is 37.4 Å². The minimum absolute atomic E-state index is 0.0759. The monoisotopic (exact) mass is 700 g/mol. The molecule has 1 aromatic carbocycles. The van der Waals surface area contributed by atoms with Crippen LogP contribution in [-0.4, -0.2) is 19.0 Å². The van der Waals surface area contributed by atoms with Crippen LogP contribution in [0.2, 0.25) is 0 Å². The molecule has 0 aliphatic carbocycles. The summed E-state index contributed by atoms with van der Waals surface area (Å²) in [5, 5.41) is 12.5. The van der Waals surface area contributed by atoms with Crippen LogP contribution in [-0.2, 0) is 4.74 Å². The van der Waals surface area contributed by atoms with E-state index in [4.69, 9.17) is 17.6 Å². The number of benzene rings is 1. The van der Waals surface area contributed by atoms with Crippen LogP contribution in [0.4, 0.5) is 5.69 Å². The van der Waals surface area contributed by atoms with Crippen molar-refractivity contribution in [2.24, 2.45) is 21.5 Å². The first-order chi connectivity index (χ1) is 24.1. The summed E-state index contributed by atoms with van der Waals surface area (Å²) in [4.78, 5) is 0. The Bertz CT molecular complexity index is 941. The van der Waals surface area contributed by atoms with E-state index >= 15 is 0 Å². The van der Waals surface area contributed by atoms with E-state index in [9.17, 15) is 0 Å². The summed E-state index contributed by atoms with van der Waals surface area (Å²) in [6.45, 7) is 4.73. The smallest absolute Gasteiger partial charge is 0.269 e. The van der Waals surface area contributed by atoms with Crippen LogP contribution in [0.15, 0.2) is 45.9 Å². The predicted octanol–water partition coefficient (Wildman–Crippen LogP) is 15.3. The molecule has 1 aliphatic rings. The Hall–Kier alpha value is -1.24. The van der Waals surface area contributed by atoms with Gasteiger partial charge in [-0.1, -0.05) is 211 Å². The van der Waals surface area contributed by atoms with Gasteiger partial charge in [-0.15, -0.1) is 0 Å². The number of thiol groups is 1. The zero-order valence-electron chi connectivity index (χ0n) is 32.6. The van der Waals surface area contributed by atoms with Gasteiger partial charge < -0.3 is 4.74 Å². The largest absolute Gasteiger partial charge is 0.381 e. The number of ether oxygens (including phenoxy) is 1. The second kappa shape index (κ2) is 30.4. The third-order valence-corrected chi connectivity index (χ3v) is 11.4. The maximum atomic E-state index is 5.93. The minimum atomic E-state index is 0.0759. The van der Waals surface area contributed by atoms with Gasteiger partial charge >= 0.3 is 0 Å². The van der Waals surface area contributed by atoms with Gasteiger partial charge in [-0.25, -0.2) is 0 Å². The van der Waals surface area contributed by atoms with Crippen LogP contribution in [0, 0.1) is 5.92 Å². The number of para-hydroxylation sites is 1. The molecule has 0 N–H and O–H groups in total. The van der Waals surface area contributed by atoms with Gasteiger partial charge in [0.2, 0.25) is 0 Å². The first-order valence-electron chi connectivity index (χ1n) is 21.3. The molecule has 0 aromatic heterocycles. The normalized spacial score (nSPS) is 17.1. The standard InChI is InChI=1S/C43H79N4OS/c1-4-5-6-7-8-9-10-11-12-13-14-17-20-23-26-30-35-40(2)42(48-3)38-33-27-24-21-18-15-16-19-22-25-28-34-39-43-44-45-46-47(43,49)41-36-31-29-32-37-41/h29,31-32,36-37,40,42,49H,4-28,30,33-35,38-39H2,1-3H3/q+1/t40-,42-,47?/m0/s1. The topological polar surface area (TPSA) is 46.3 Å². The van der Waals surface area contributed by atoms with Gasteiger partial charge in [-0.3, -0.25) is 0 Å². The summed E-state index contributed by atoms with van der Waals surface area (Å²) in [6, 6.07) is 10.1. The summed E-state index contributed by atoms with van der Waals surface area (Å²) in [6.07, 6.45) is 43.1. The highest BCUT2D eigenvalue weighted by Gasteiger charge is 2.39. The van der Waals surface area contributed by atoms with Gasteiger partial charge in [0.25, 0.3) is 5.84 Å². The fourth-order valence-electron chi connectivity index (χ4n) is 7.52. The molecule has 5 nitrogen and oxygen atoms in total. The summed E-state index contributed by atoms with van der Waals surface area (Å²) in [7, 11) is 1.93. The molecular formula is C43H79N4OS+. The Kier molecular flexibility index (Phi) is 27.2. The Morgan fingerprint density at radius 3 is 1.43 bits per heavy atom. The highest BCUT2D eigenvalue weighted by Crippen LogP contribution is 2.33. The Labute approximate surface area is 310 Å². The van der Waals surface area contributed by atoms with Gasteiger partial charge in [0.15, 0.2) is 5.69 Å². The molecule has 282 valence electrons. The van der Waals surface area contributed by atoms with Crippen molar-refractivity contribution in [1.82, 2.24) is 4.00 Å². The molecule has 6 heteroatoms. The van der Waals surface area contributed by atoms with Crippen molar-refractivity contribution in [1.29, 1.82) is 0 Å². The lowest BCUT2D eigenvalue weighted by Crippen LogP contribution is -2.37. The second-order valence-corrected chi connectivity index (χ2v) is 15.8. The number of quaternary nitrogens is 1. The molecule has 1 aromatic rings. The number of hydrogen-bond donors (Lipinski definition) is 1. The molecule has 3 atom stereocenters. The van der Waals surface area contributed by atoms with Gasteiger partial charge in [0.05, 0.1) is 11.3 Å². The number of methoxy groups -OCH3 is 1. The van der Waals surface area contributed by atoms with Crippen molar-refractivity contribution < 1.29 is 4.74 Å². The zero-order valence-corrected chi connectivity index (χ0v) is 33.5. The fraction of sp³-hybridized carbons (Fsp3) is 0.837. The van der Waals surface area contributed by atoms with Crippen LogP contribution < -0.4 is 4.00 Å². The third kappa shape index (κ3) is 21.0. The molecule has 49 heavy (non-hydrogen) atoms. The third-order valence-electron chi connectivity index (χ3n) is 10.9. The molecular weight excluding hydrogens is 621 g/mol. The van der Waals surface area contributed by atoms with E-state index < -0.39 is 0 Å². The molecule has 0 fully saturated rings. The maximum absolute atomic E-state index is 5.93. The predicted molar refractivity (Wildman–Crippen MR) is 218 cm³/mol. The van der Waals surface area contributed by atoms with Crippen molar-refractivity contribution in [2.45, 2.75) is 219 Å².